The van der Waals surface area contributed by atoms with Crippen molar-refractivity contribution in [1.82, 2.24) is 0 Å². The van der Waals surface area contributed by atoms with Gasteiger partial charge in [0.1, 0.15) is 12.0 Å². The lowest BCUT2D eigenvalue weighted by Crippen LogP contribution is -2.38. The lowest BCUT2D eigenvalue weighted by atomic mass is 9.75. The summed E-state index contributed by atoms with van der Waals surface area (Å²) in [5.41, 5.74) is 1.66. The molecule has 4 atom stereocenters. The van der Waals surface area contributed by atoms with E-state index >= 15 is 0 Å². The molecule has 1 unspecified atom stereocenters. The average Bonchev–Trinajstić information content (AvgIpc) is 2.85. The molecule has 2 aliphatic rings. The fourth-order valence-corrected chi connectivity index (χ4v) is 4.11. The third kappa shape index (κ3) is 3.19. The van der Waals surface area contributed by atoms with Crippen LogP contribution in [-0.2, 0) is 16.0 Å². The maximum atomic E-state index is 12.6. The summed E-state index contributed by atoms with van der Waals surface area (Å²) in [6.45, 7) is 6.60. The van der Waals surface area contributed by atoms with Gasteiger partial charge >= 0.3 is 5.97 Å². The second-order valence-electron chi connectivity index (χ2n) is 7.58. The van der Waals surface area contributed by atoms with Crippen molar-refractivity contribution in [3.8, 4) is 0 Å². The molecule has 0 saturated heterocycles. The van der Waals surface area contributed by atoms with Crippen LogP contribution in [0.2, 0.25) is 0 Å². The number of carbonyl (C=O) groups is 2. The molecule has 0 bridgehead atoms. The molecule has 1 aromatic rings. The highest BCUT2D eigenvalue weighted by Gasteiger charge is 2.40. The second kappa shape index (κ2) is 6.46. The van der Waals surface area contributed by atoms with Gasteiger partial charge in [-0.15, -0.1) is 0 Å². The van der Waals surface area contributed by atoms with Gasteiger partial charge in [0.25, 0.3) is 0 Å². The van der Waals surface area contributed by atoms with Crippen LogP contribution in [0.1, 0.15) is 56.0 Å². The van der Waals surface area contributed by atoms with Crippen molar-refractivity contribution in [3.05, 3.63) is 35.4 Å². The zero-order valence-corrected chi connectivity index (χ0v) is 14.2. The highest BCUT2D eigenvalue weighted by molar-refractivity contribution is 6.12. The molecule has 2 aliphatic carbocycles. The molecule has 3 nitrogen and oxygen atoms in total. The van der Waals surface area contributed by atoms with Crippen LogP contribution in [-0.4, -0.2) is 17.9 Å². The Morgan fingerprint density at radius 3 is 2.65 bits per heavy atom. The molecular weight excluding hydrogens is 288 g/mol. The van der Waals surface area contributed by atoms with Crippen molar-refractivity contribution in [2.45, 2.75) is 52.6 Å². The number of benzene rings is 1. The van der Waals surface area contributed by atoms with Gasteiger partial charge < -0.3 is 4.74 Å². The van der Waals surface area contributed by atoms with Crippen LogP contribution in [0.25, 0.3) is 0 Å². The van der Waals surface area contributed by atoms with Crippen LogP contribution in [0.15, 0.2) is 24.3 Å². The van der Waals surface area contributed by atoms with Crippen LogP contribution >= 0.6 is 0 Å². The molecule has 23 heavy (non-hydrogen) atoms. The number of carbonyl (C=O) groups excluding carboxylic acids is 2. The topological polar surface area (TPSA) is 43.4 Å². The Balaban J connectivity index is 1.70. The summed E-state index contributed by atoms with van der Waals surface area (Å²) in [6, 6.07) is 7.50. The Morgan fingerprint density at radius 2 is 1.96 bits per heavy atom. The molecule has 0 aliphatic heterocycles. The molecule has 124 valence electrons. The maximum Gasteiger partial charge on any atom is 0.317 e. The number of hydrogen-bond acceptors (Lipinski definition) is 3. The van der Waals surface area contributed by atoms with Gasteiger partial charge in [0, 0.05) is 5.56 Å². The highest BCUT2D eigenvalue weighted by Crippen LogP contribution is 2.36. The summed E-state index contributed by atoms with van der Waals surface area (Å²) >= 11 is 0. The van der Waals surface area contributed by atoms with E-state index in [2.05, 4.69) is 20.8 Å². The van der Waals surface area contributed by atoms with E-state index in [0.29, 0.717) is 29.7 Å². The van der Waals surface area contributed by atoms with Crippen LogP contribution in [0, 0.1) is 23.7 Å². The molecule has 1 aromatic carbocycles. The SMILES string of the molecule is CC(C)[C@@H]1CC[C@@H](C)C[C@H]1OC(=O)C1Cc2ccccc2C1=O. The molecule has 0 aromatic heterocycles. The lowest BCUT2D eigenvalue weighted by Gasteiger charge is -2.37. The molecular formula is C20H26O3. The number of hydrogen-bond donors (Lipinski definition) is 0. The number of Topliss-reactive ketones (excluding diaryl/α,β-unsaturated/α-hetero) is 1. The normalized spacial score (nSPS) is 30.3. The van der Waals surface area contributed by atoms with Gasteiger partial charge in [0.05, 0.1) is 0 Å². The number of fused-ring (bicyclic) bond motifs is 1. The standard InChI is InChI=1S/C20H26O3/c1-12(2)15-9-8-13(3)10-18(15)23-20(22)17-11-14-6-4-5-7-16(14)19(17)21/h4-7,12-13,15,17-18H,8-11H2,1-3H3/t13-,15+,17?,18-/m1/s1. The Bertz CT molecular complexity index is 605. The zero-order chi connectivity index (χ0) is 16.6. The minimum Gasteiger partial charge on any atom is -0.461 e. The van der Waals surface area contributed by atoms with E-state index < -0.39 is 5.92 Å². The predicted molar refractivity (Wildman–Crippen MR) is 89.2 cm³/mol. The van der Waals surface area contributed by atoms with Gasteiger partial charge in [-0.05, 0) is 42.6 Å². The third-order valence-corrected chi connectivity index (χ3v) is 5.54. The van der Waals surface area contributed by atoms with Crippen LogP contribution < -0.4 is 0 Å². The maximum absolute atomic E-state index is 12.6. The molecule has 0 heterocycles. The first-order valence-corrected chi connectivity index (χ1v) is 8.80. The number of esters is 1. The first kappa shape index (κ1) is 16.2. The molecule has 3 heteroatoms. The Labute approximate surface area is 138 Å². The van der Waals surface area contributed by atoms with E-state index in [1.54, 1.807) is 0 Å². The molecule has 0 spiro atoms. The first-order valence-electron chi connectivity index (χ1n) is 8.80. The van der Waals surface area contributed by atoms with E-state index in [0.717, 1.165) is 18.4 Å². The highest BCUT2D eigenvalue weighted by atomic mass is 16.5. The van der Waals surface area contributed by atoms with Crippen molar-refractivity contribution in [1.29, 1.82) is 0 Å². The Morgan fingerprint density at radius 1 is 1.22 bits per heavy atom. The summed E-state index contributed by atoms with van der Waals surface area (Å²) in [7, 11) is 0. The average molecular weight is 314 g/mol. The fraction of sp³-hybridized carbons (Fsp3) is 0.600. The van der Waals surface area contributed by atoms with E-state index in [-0.39, 0.29) is 17.9 Å². The largest absolute Gasteiger partial charge is 0.461 e. The summed E-state index contributed by atoms with van der Waals surface area (Å²) in [5.74, 6) is 0.453. The van der Waals surface area contributed by atoms with Gasteiger partial charge in [-0.25, -0.2) is 0 Å². The van der Waals surface area contributed by atoms with Gasteiger partial charge in [0.15, 0.2) is 5.78 Å². The number of ether oxygens (including phenoxy) is 1. The van der Waals surface area contributed by atoms with Crippen molar-refractivity contribution >= 4 is 11.8 Å². The number of ketones is 1. The molecule has 0 amide bonds. The summed E-state index contributed by atoms with van der Waals surface area (Å²) in [6.07, 6.45) is 3.67. The van der Waals surface area contributed by atoms with Crippen LogP contribution in [0.4, 0.5) is 0 Å². The van der Waals surface area contributed by atoms with Gasteiger partial charge in [-0.2, -0.15) is 0 Å². The van der Waals surface area contributed by atoms with Crippen LogP contribution in [0.3, 0.4) is 0 Å². The van der Waals surface area contributed by atoms with Crippen molar-refractivity contribution in [2.24, 2.45) is 23.7 Å². The third-order valence-electron chi connectivity index (χ3n) is 5.54. The predicted octanol–water partition coefficient (Wildman–Crippen LogP) is 4.05. The fourth-order valence-electron chi connectivity index (χ4n) is 4.11. The van der Waals surface area contributed by atoms with Crippen molar-refractivity contribution in [3.63, 3.8) is 0 Å². The Hall–Kier alpha value is -1.64. The summed E-state index contributed by atoms with van der Waals surface area (Å²) in [4.78, 5) is 25.1. The van der Waals surface area contributed by atoms with Gasteiger partial charge in [0.2, 0.25) is 0 Å². The van der Waals surface area contributed by atoms with Gasteiger partial charge in [-0.3, -0.25) is 9.59 Å². The molecule has 1 saturated carbocycles. The van der Waals surface area contributed by atoms with Crippen molar-refractivity contribution in [2.75, 3.05) is 0 Å². The van der Waals surface area contributed by atoms with E-state index in [1.165, 1.54) is 6.42 Å². The molecule has 3 rings (SSSR count). The molecule has 0 N–H and O–H groups in total. The Kier molecular flexibility index (Phi) is 4.56. The lowest BCUT2D eigenvalue weighted by molar-refractivity contribution is -0.158. The quantitative estimate of drug-likeness (QED) is 0.624. The van der Waals surface area contributed by atoms with Crippen LogP contribution in [0.5, 0.6) is 0 Å². The van der Waals surface area contributed by atoms with Gasteiger partial charge in [-0.1, -0.05) is 51.5 Å². The minimum atomic E-state index is -0.641. The summed E-state index contributed by atoms with van der Waals surface area (Å²) in [5, 5.41) is 0. The smallest absolute Gasteiger partial charge is 0.317 e. The molecule has 1 fully saturated rings. The summed E-state index contributed by atoms with van der Waals surface area (Å²) < 4.78 is 5.86. The van der Waals surface area contributed by atoms with E-state index in [9.17, 15) is 9.59 Å². The number of rotatable bonds is 3. The minimum absolute atomic E-state index is 0.0391. The van der Waals surface area contributed by atoms with E-state index in [1.807, 2.05) is 24.3 Å². The zero-order valence-electron chi connectivity index (χ0n) is 14.2. The monoisotopic (exact) mass is 314 g/mol. The second-order valence-corrected chi connectivity index (χ2v) is 7.58. The van der Waals surface area contributed by atoms with Crippen molar-refractivity contribution < 1.29 is 14.3 Å². The molecule has 0 radical (unpaired) electrons. The first-order chi connectivity index (χ1) is 11.0. The van der Waals surface area contributed by atoms with E-state index in [4.69, 9.17) is 4.74 Å².